The molecule has 0 aliphatic carbocycles. The molecule has 13 heteroatoms. The number of hydrogen-bond donors (Lipinski definition) is 1. The molecule has 0 radical (unpaired) electrons. The standard InChI is InChI=1S/C25H17Cl2N5O5S/c1-36-20-12-4-16(5-13-20)22-14-21(15-2-6-17(26)7-3-15)28-25(29-22)30-38(34,35)23-24(33)37-31-32(23)19-10-8-18(27)9-11-19/h2-14H,1H3,(H-,28,29,30,31,33). The van der Waals surface area contributed by atoms with E-state index >= 15 is 0 Å². The third kappa shape index (κ3) is 5.25. The summed E-state index contributed by atoms with van der Waals surface area (Å²) in [5, 5.41) is 16.2. The second kappa shape index (κ2) is 10.3. The van der Waals surface area contributed by atoms with Crippen molar-refractivity contribution in [1.29, 1.82) is 0 Å². The molecule has 2 aromatic heterocycles. The number of anilines is 1. The van der Waals surface area contributed by atoms with Gasteiger partial charge in [0, 0.05) is 33.3 Å². The average molecular weight is 570 g/mol. The highest BCUT2D eigenvalue weighted by Crippen LogP contribution is 2.28. The molecule has 5 rings (SSSR count). The molecule has 0 spiro atoms. The Labute approximate surface area is 227 Å². The monoisotopic (exact) mass is 569 g/mol. The van der Waals surface area contributed by atoms with Crippen LogP contribution in [0.4, 0.5) is 5.95 Å². The van der Waals surface area contributed by atoms with E-state index in [1.165, 1.54) is 24.3 Å². The maximum Gasteiger partial charge on any atom is 0.373 e. The molecule has 0 bridgehead atoms. The molecule has 0 saturated heterocycles. The van der Waals surface area contributed by atoms with Crippen molar-refractivity contribution < 1.29 is 27.5 Å². The zero-order valence-corrected chi connectivity index (χ0v) is 21.8. The lowest BCUT2D eigenvalue weighted by molar-refractivity contribution is -0.706. The number of hydrogen-bond acceptors (Lipinski definition) is 8. The van der Waals surface area contributed by atoms with E-state index in [0.29, 0.717) is 38.3 Å². The van der Waals surface area contributed by atoms with Crippen molar-refractivity contribution in [3.63, 3.8) is 0 Å². The van der Waals surface area contributed by atoms with Crippen molar-refractivity contribution in [2.24, 2.45) is 0 Å². The summed E-state index contributed by atoms with van der Waals surface area (Å²) < 4.78 is 39.8. The van der Waals surface area contributed by atoms with Crippen LogP contribution < -0.4 is 19.2 Å². The molecule has 0 unspecified atom stereocenters. The van der Waals surface area contributed by atoms with Crippen molar-refractivity contribution in [2.75, 3.05) is 11.8 Å². The highest BCUT2D eigenvalue weighted by atomic mass is 35.5. The number of rotatable bonds is 7. The van der Waals surface area contributed by atoms with Crippen molar-refractivity contribution in [1.82, 2.24) is 15.2 Å². The molecular formula is C25H17Cl2N5O5S. The predicted octanol–water partition coefficient (Wildman–Crippen LogP) is 4.27. The highest BCUT2D eigenvalue weighted by Gasteiger charge is 2.34. The fraction of sp³-hybridized carbons (Fsp3) is 0.0400. The number of ether oxygens (including phenoxy) is 1. The first-order valence-corrected chi connectivity index (χ1v) is 13.1. The van der Waals surface area contributed by atoms with Crippen molar-refractivity contribution in [3.8, 4) is 39.9 Å². The van der Waals surface area contributed by atoms with Gasteiger partial charge in [-0.2, -0.15) is 8.42 Å². The number of sulfonamides is 1. The van der Waals surface area contributed by atoms with E-state index in [1.54, 1.807) is 61.7 Å². The first-order valence-electron chi connectivity index (χ1n) is 10.9. The Hall–Kier alpha value is -4.19. The summed E-state index contributed by atoms with van der Waals surface area (Å²) in [6.45, 7) is 0. The summed E-state index contributed by atoms with van der Waals surface area (Å²) >= 11 is 12.0. The van der Waals surface area contributed by atoms with Crippen LogP contribution in [0.25, 0.3) is 28.2 Å². The largest absolute Gasteiger partial charge is 0.538 e. The van der Waals surface area contributed by atoms with Gasteiger partial charge in [-0.05, 0) is 59.3 Å². The van der Waals surface area contributed by atoms with Crippen LogP contribution in [0.1, 0.15) is 0 Å². The number of benzene rings is 3. The SMILES string of the molecule is COc1ccc(-c2cc(-c3ccc(Cl)cc3)nc(NS(=O)(=O)c3c([O-])on[n+]3-c3ccc(Cl)cc3)n2)cc1. The lowest BCUT2D eigenvalue weighted by Crippen LogP contribution is -2.40. The Bertz CT molecular complexity index is 1710. The second-order valence-electron chi connectivity index (χ2n) is 7.86. The number of aromatic nitrogens is 4. The zero-order chi connectivity index (χ0) is 26.9. The van der Waals surface area contributed by atoms with E-state index in [2.05, 4.69) is 24.5 Å². The minimum Gasteiger partial charge on any atom is -0.538 e. The summed E-state index contributed by atoms with van der Waals surface area (Å²) in [5.74, 6) is -0.799. The third-order valence-electron chi connectivity index (χ3n) is 5.38. The molecule has 0 aliphatic heterocycles. The minimum atomic E-state index is -4.56. The van der Waals surface area contributed by atoms with E-state index in [0.717, 1.165) is 4.68 Å². The van der Waals surface area contributed by atoms with Crippen LogP contribution in [0.3, 0.4) is 0 Å². The predicted molar refractivity (Wildman–Crippen MR) is 138 cm³/mol. The Morgan fingerprint density at radius 2 is 1.39 bits per heavy atom. The van der Waals surface area contributed by atoms with Gasteiger partial charge < -0.3 is 14.4 Å². The molecule has 1 N–H and O–H groups in total. The third-order valence-corrected chi connectivity index (χ3v) is 7.18. The summed E-state index contributed by atoms with van der Waals surface area (Å²) in [4.78, 5) is 8.78. The van der Waals surface area contributed by atoms with Crippen LogP contribution in [0.5, 0.6) is 11.7 Å². The van der Waals surface area contributed by atoms with Gasteiger partial charge in [-0.1, -0.05) is 35.3 Å². The van der Waals surface area contributed by atoms with Crippen LogP contribution in [-0.4, -0.2) is 30.8 Å². The lowest BCUT2D eigenvalue weighted by Gasteiger charge is -2.10. The average Bonchev–Trinajstić information content (AvgIpc) is 3.31. The first-order chi connectivity index (χ1) is 18.2. The maximum atomic E-state index is 13.4. The molecule has 5 aromatic rings. The van der Waals surface area contributed by atoms with E-state index in [1.807, 2.05) is 0 Å². The summed E-state index contributed by atoms with van der Waals surface area (Å²) in [5.41, 5.74) is 2.42. The summed E-state index contributed by atoms with van der Waals surface area (Å²) in [6, 6.07) is 21.6. The van der Waals surface area contributed by atoms with Crippen molar-refractivity contribution in [2.45, 2.75) is 5.03 Å². The molecule has 10 nitrogen and oxygen atoms in total. The number of halogens is 2. The molecular weight excluding hydrogens is 553 g/mol. The van der Waals surface area contributed by atoms with Crippen LogP contribution in [0.2, 0.25) is 10.0 Å². The molecule has 0 saturated carbocycles. The zero-order valence-electron chi connectivity index (χ0n) is 19.5. The van der Waals surface area contributed by atoms with E-state index in [4.69, 9.17) is 27.9 Å². The lowest BCUT2D eigenvalue weighted by atomic mass is 10.1. The fourth-order valence-corrected chi connectivity index (χ4v) is 4.85. The van der Waals surface area contributed by atoms with Gasteiger partial charge in [-0.15, -0.1) is 0 Å². The first kappa shape index (κ1) is 25.5. The van der Waals surface area contributed by atoms with E-state index < -0.39 is 21.0 Å². The molecule has 0 fully saturated rings. The van der Waals surface area contributed by atoms with Gasteiger partial charge in [0.15, 0.2) is 5.95 Å². The van der Waals surface area contributed by atoms with Crippen LogP contribution in [0.15, 0.2) is 88.4 Å². The Balaban J connectivity index is 1.59. The quantitative estimate of drug-likeness (QED) is 0.287. The minimum absolute atomic E-state index is 0.246. The van der Waals surface area contributed by atoms with Crippen LogP contribution >= 0.6 is 23.2 Å². The van der Waals surface area contributed by atoms with Gasteiger partial charge in [0.2, 0.25) is 11.6 Å². The molecule has 0 aliphatic rings. The molecule has 0 amide bonds. The van der Waals surface area contributed by atoms with Gasteiger partial charge >= 0.3 is 15.0 Å². The molecule has 2 heterocycles. The highest BCUT2D eigenvalue weighted by molar-refractivity contribution is 7.92. The summed E-state index contributed by atoms with van der Waals surface area (Å²) in [6.07, 6.45) is 0. The smallest absolute Gasteiger partial charge is 0.373 e. The van der Waals surface area contributed by atoms with Gasteiger partial charge in [0.1, 0.15) is 5.75 Å². The van der Waals surface area contributed by atoms with Crippen molar-refractivity contribution in [3.05, 3.63) is 88.9 Å². The Kier molecular flexibility index (Phi) is 6.89. The fourth-order valence-electron chi connectivity index (χ4n) is 3.55. The molecule has 3 aromatic carbocycles. The van der Waals surface area contributed by atoms with Crippen LogP contribution in [0, 0.1) is 0 Å². The van der Waals surface area contributed by atoms with Gasteiger partial charge in [-0.25, -0.2) is 14.7 Å². The second-order valence-corrected chi connectivity index (χ2v) is 10.3. The topological polar surface area (TPSA) is 134 Å². The normalized spacial score (nSPS) is 11.3. The maximum absolute atomic E-state index is 13.4. The van der Waals surface area contributed by atoms with E-state index in [-0.39, 0.29) is 11.6 Å². The molecule has 192 valence electrons. The Morgan fingerprint density at radius 3 is 1.95 bits per heavy atom. The van der Waals surface area contributed by atoms with Gasteiger partial charge in [-0.3, -0.25) is 0 Å². The number of nitrogens with one attached hydrogen (secondary N) is 1. The van der Waals surface area contributed by atoms with Gasteiger partial charge in [0.25, 0.3) is 0 Å². The van der Waals surface area contributed by atoms with Crippen molar-refractivity contribution >= 4 is 39.2 Å². The van der Waals surface area contributed by atoms with Gasteiger partial charge in [0.05, 0.1) is 23.8 Å². The number of methoxy groups -OCH3 is 1. The Morgan fingerprint density at radius 1 is 0.868 bits per heavy atom. The molecule has 0 atom stereocenters. The molecule has 38 heavy (non-hydrogen) atoms. The van der Waals surface area contributed by atoms with Crippen LogP contribution in [-0.2, 0) is 10.0 Å². The summed E-state index contributed by atoms with van der Waals surface area (Å²) in [7, 11) is -3.01. The van der Waals surface area contributed by atoms with E-state index in [9.17, 15) is 13.5 Å². The number of nitrogens with zero attached hydrogens (tertiary/aromatic N) is 4.